The van der Waals surface area contributed by atoms with Crippen molar-refractivity contribution in [2.24, 2.45) is 0 Å². The Morgan fingerprint density at radius 1 is 1.22 bits per heavy atom. The molecule has 3 rings (SSSR count). The Bertz CT molecular complexity index is 1090. The Morgan fingerprint density at radius 2 is 2.03 bits per heavy atom. The van der Waals surface area contributed by atoms with Gasteiger partial charge >= 0.3 is 0 Å². The number of methoxy groups -OCH3 is 1. The lowest BCUT2D eigenvalue weighted by Gasteiger charge is -2.21. The lowest BCUT2D eigenvalue weighted by atomic mass is 10.1. The third kappa shape index (κ3) is 5.85. The number of nitrogens with zero attached hydrogens (tertiary/aromatic N) is 2. The average Bonchev–Trinajstić information content (AvgIpc) is 2.76. The minimum absolute atomic E-state index is 0.0216. The molecule has 8 heteroatoms. The molecule has 2 aromatic carbocycles. The highest BCUT2D eigenvalue weighted by molar-refractivity contribution is 6.31. The molecule has 0 bridgehead atoms. The number of nitrogens with one attached hydrogen (secondary N) is 1. The van der Waals surface area contributed by atoms with Gasteiger partial charge in [-0.25, -0.2) is 14.4 Å². The molecule has 0 aliphatic heterocycles. The minimum Gasteiger partial charge on any atom is -0.493 e. The van der Waals surface area contributed by atoms with Gasteiger partial charge in [0.25, 0.3) is 0 Å². The molecule has 1 atom stereocenters. The number of aromatic nitrogens is 2. The van der Waals surface area contributed by atoms with Gasteiger partial charge in [0.05, 0.1) is 29.4 Å². The van der Waals surface area contributed by atoms with Crippen LogP contribution in [0.2, 0.25) is 5.02 Å². The van der Waals surface area contributed by atoms with Crippen molar-refractivity contribution in [2.45, 2.75) is 52.1 Å². The number of ketones is 1. The number of halogens is 2. The number of rotatable bonds is 11. The number of fused-ring (bicyclic) bond motifs is 1. The molecular weight excluding hydrogens is 433 g/mol. The molecule has 0 saturated carbocycles. The van der Waals surface area contributed by atoms with Crippen LogP contribution in [0.5, 0.6) is 11.5 Å². The van der Waals surface area contributed by atoms with Crippen LogP contribution in [0.15, 0.2) is 36.7 Å². The Balaban J connectivity index is 1.91. The summed E-state index contributed by atoms with van der Waals surface area (Å²) < 4.78 is 26.2. The predicted molar refractivity (Wildman–Crippen MR) is 125 cm³/mol. The standard InChI is InChI=1S/C24H27ClFN3O3/c1-4-7-16(9-5-8-15(2)30)32-22-13-20-17(12-21(22)31-3)24(28-14-27-20)29-19-11-6-10-18(25)23(19)26/h6,10-14,16H,4-5,7-9H2,1-3H3,(H,27,28,29). The van der Waals surface area contributed by atoms with Crippen LogP contribution in [-0.4, -0.2) is 29.0 Å². The van der Waals surface area contributed by atoms with Gasteiger partial charge in [0.2, 0.25) is 0 Å². The normalized spacial score (nSPS) is 11.9. The fourth-order valence-corrected chi connectivity index (χ4v) is 3.66. The molecule has 0 fully saturated rings. The Kier molecular flexibility index (Phi) is 8.22. The van der Waals surface area contributed by atoms with E-state index in [2.05, 4.69) is 22.2 Å². The van der Waals surface area contributed by atoms with Gasteiger partial charge in [-0.3, -0.25) is 0 Å². The average molecular weight is 460 g/mol. The monoisotopic (exact) mass is 459 g/mol. The van der Waals surface area contributed by atoms with Gasteiger partial charge in [-0.2, -0.15) is 0 Å². The zero-order valence-electron chi connectivity index (χ0n) is 18.5. The second-order valence-corrected chi connectivity index (χ2v) is 8.00. The molecule has 32 heavy (non-hydrogen) atoms. The van der Waals surface area contributed by atoms with Gasteiger partial charge in [-0.1, -0.05) is 31.0 Å². The number of Topliss-reactive ketones (excluding diaryl/α,β-unsaturated/α-hetero) is 1. The molecule has 0 aliphatic rings. The van der Waals surface area contributed by atoms with Gasteiger partial charge in [0, 0.05) is 17.9 Å². The van der Waals surface area contributed by atoms with E-state index in [1.54, 1.807) is 38.3 Å². The van der Waals surface area contributed by atoms with Crippen molar-refractivity contribution in [3.8, 4) is 11.5 Å². The number of carbonyl (C=O) groups excluding carboxylic acids is 1. The van der Waals surface area contributed by atoms with E-state index in [-0.39, 0.29) is 22.6 Å². The fraction of sp³-hybridized carbons (Fsp3) is 0.375. The first-order valence-electron chi connectivity index (χ1n) is 10.6. The Morgan fingerprint density at radius 3 is 2.75 bits per heavy atom. The first kappa shape index (κ1) is 23.7. The predicted octanol–water partition coefficient (Wildman–Crippen LogP) is 6.48. The zero-order valence-corrected chi connectivity index (χ0v) is 19.2. The van der Waals surface area contributed by atoms with E-state index in [1.807, 2.05) is 0 Å². The number of ether oxygens (including phenoxy) is 2. The van der Waals surface area contributed by atoms with Crippen LogP contribution in [0.4, 0.5) is 15.9 Å². The second kappa shape index (κ2) is 11.1. The molecule has 0 radical (unpaired) electrons. The summed E-state index contributed by atoms with van der Waals surface area (Å²) in [4.78, 5) is 19.9. The molecule has 6 nitrogen and oxygen atoms in total. The van der Waals surface area contributed by atoms with Crippen molar-refractivity contribution < 1.29 is 18.7 Å². The third-order valence-electron chi connectivity index (χ3n) is 5.08. The van der Waals surface area contributed by atoms with Crippen molar-refractivity contribution in [3.63, 3.8) is 0 Å². The van der Waals surface area contributed by atoms with Crippen molar-refractivity contribution >= 4 is 39.8 Å². The quantitative estimate of drug-likeness (QED) is 0.353. The molecule has 0 amide bonds. The summed E-state index contributed by atoms with van der Waals surface area (Å²) >= 11 is 5.89. The lowest BCUT2D eigenvalue weighted by molar-refractivity contribution is -0.117. The van der Waals surface area contributed by atoms with E-state index >= 15 is 0 Å². The molecule has 170 valence electrons. The maximum absolute atomic E-state index is 14.4. The third-order valence-corrected chi connectivity index (χ3v) is 5.38. The molecule has 1 aromatic heterocycles. The number of benzene rings is 2. The topological polar surface area (TPSA) is 73.3 Å². The molecule has 1 N–H and O–H groups in total. The second-order valence-electron chi connectivity index (χ2n) is 7.59. The summed E-state index contributed by atoms with van der Waals surface area (Å²) in [5, 5.41) is 3.66. The summed E-state index contributed by atoms with van der Waals surface area (Å²) in [6.45, 7) is 3.70. The van der Waals surface area contributed by atoms with Gasteiger partial charge in [-0.15, -0.1) is 0 Å². The van der Waals surface area contributed by atoms with E-state index in [0.717, 1.165) is 25.7 Å². The zero-order chi connectivity index (χ0) is 23.1. The number of carbonyl (C=O) groups is 1. The molecule has 0 saturated heterocycles. The number of anilines is 2. The number of hydrogen-bond donors (Lipinski definition) is 1. The minimum atomic E-state index is -0.555. The Labute approximate surface area is 192 Å². The van der Waals surface area contributed by atoms with E-state index < -0.39 is 5.82 Å². The molecule has 1 unspecified atom stereocenters. The lowest BCUT2D eigenvalue weighted by Crippen LogP contribution is -2.17. The first-order valence-corrected chi connectivity index (χ1v) is 11.0. The molecule has 1 heterocycles. The molecule has 0 aliphatic carbocycles. The Hall–Kier alpha value is -2.93. The van der Waals surface area contributed by atoms with Crippen LogP contribution in [0.1, 0.15) is 46.0 Å². The van der Waals surface area contributed by atoms with Crippen LogP contribution >= 0.6 is 11.6 Å². The summed E-state index contributed by atoms with van der Waals surface area (Å²) in [5.41, 5.74) is 0.838. The van der Waals surface area contributed by atoms with E-state index in [0.29, 0.717) is 34.6 Å². The first-order chi connectivity index (χ1) is 15.4. The summed E-state index contributed by atoms with van der Waals surface area (Å²) in [5.74, 6) is 1.14. The van der Waals surface area contributed by atoms with Gasteiger partial charge in [0.15, 0.2) is 17.3 Å². The highest BCUT2D eigenvalue weighted by atomic mass is 35.5. The fourth-order valence-electron chi connectivity index (χ4n) is 3.49. The van der Waals surface area contributed by atoms with Crippen LogP contribution in [-0.2, 0) is 4.79 Å². The van der Waals surface area contributed by atoms with Crippen molar-refractivity contribution in [3.05, 3.63) is 47.5 Å². The van der Waals surface area contributed by atoms with Crippen LogP contribution in [0.25, 0.3) is 10.9 Å². The van der Waals surface area contributed by atoms with Gasteiger partial charge < -0.3 is 19.6 Å². The summed E-state index contributed by atoms with van der Waals surface area (Å²) in [6.07, 6.45) is 5.29. The van der Waals surface area contributed by atoms with Gasteiger partial charge in [0.1, 0.15) is 17.9 Å². The highest BCUT2D eigenvalue weighted by Gasteiger charge is 2.17. The van der Waals surface area contributed by atoms with Crippen molar-refractivity contribution in [2.75, 3.05) is 12.4 Å². The highest BCUT2D eigenvalue weighted by Crippen LogP contribution is 2.36. The molecule has 0 spiro atoms. The maximum Gasteiger partial charge on any atom is 0.165 e. The summed E-state index contributed by atoms with van der Waals surface area (Å²) in [6, 6.07) is 8.29. The largest absolute Gasteiger partial charge is 0.493 e. The van der Waals surface area contributed by atoms with E-state index in [4.69, 9.17) is 21.1 Å². The molecular formula is C24H27ClFN3O3. The number of hydrogen-bond acceptors (Lipinski definition) is 6. The van der Waals surface area contributed by atoms with Crippen molar-refractivity contribution in [1.82, 2.24) is 9.97 Å². The maximum atomic E-state index is 14.4. The van der Waals surface area contributed by atoms with E-state index in [9.17, 15) is 9.18 Å². The van der Waals surface area contributed by atoms with Crippen molar-refractivity contribution in [1.29, 1.82) is 0 Å². The van der Waals surface area contributed by atoms with Crippen LogP contribution < -0.4 is 14.8 Å². The summed E-state index contributed by atoms with van der Waals surface area (Å²) in [7, 11) is 1.56. The van der Waals surface area contributed by atoms with Gasteiger partial charge in [-0.05, 0) is 44.4 Å². The van der Waals surface area contributed by atoms with Crippen LogP contribution in [0.3, 0.4) is 0 Å². The molecule has 3 aromatic rings. The van der Waals surface area contributed by atoms with Crippen LogP contribution in [0, 0.1) is 5.82 Å². The van der Waals surface area contributed by atoms with E-state index in [1.165, 1.54) is 12.4 Å². The SMILES string of the molecule is CCCC(CCCC(C)=O)Oc1cc2ncnc(Nc3cccc(Cl)c3F)c2cc1OC. The smallest absolute Gasteiger partial charge is 0.165 e.